The zero-order valence-electron chi connectivity index (χ0n) is 12.8. The molecule has 2 aromatic heterocycles. The molecule has 0 radical (unpaired) electrons. The molecule has 3 aromatic rings. The summed E-state index contributed by atoms with van der Waals surface area (Å²) in [5, 5.41) is 0.704. The zero-order valence-corrected chi connectivity index (χ0v) is 14.3. The summed E-state index contributed by atoms with van der Waals surface area (Å²) >= 11 is 7.71. The van der Waals surface area contributed by atoms with Crippen LogP contribution in [0.3, 0.4) is 0 Å². The Morgan fingerprint density at radius 1 is 1.25 bits per heavy atom. The minimum atomic E-state index is 0.00281. The topological polar surface area (TPSA) is 38.4 Å². The number of benzene rings is 1. The molecule has 1 saturated heterocycles. The van der Waals surface area contributed by atoms with Crippen molar-refractivity contribution in [3.8, 4) is 5.69 Å². The second-order valence-corrected chi connectivity index (χ2v) is 7.10. The molecule has 1 atom stereocenters. The van der Waals surface area contributed by atoms with Crippen molar-refractivity contribution in [1.29, 1.82) is 0 Å². The highest BCUT2D eigenvalue weighted by molar-refractivity contribution is 8.00. The number of rotatable bonds is 4. The molecule has 0 aliphatic carbocycles. The van der Waals surface area contributed by atoms with Crippen LogP contribution in [0.1, 0.15) is 16.7 Å². The number of thioether (sulfide) groups is 1. The monoisotopic (exact) mass is 358 g/mol. The second-order valence-electron chi connectivity index (χ2n) is 5.60. The molecule has 1 aromatic carbocycles. The molecule has 0 bridgehead atoms. The van der Waals surface area contributed by atoms with E-state index >= 15 is 0 Å². The predicted octanol–water partition coefficient (Wildman–Crippen LogP) is 4.50. The summed E-state index contributed by atoms with van der Waals surface area (Å²) in [6.45, 7) is 0.492. The summed E-state index contributed by atoms with van der Waals surface area (Å²) < 4.78 is 7.42. The fourth-order valence-corrected chi connectivity index (χ4v) is 4.18. The number of furan rings is 1. The van der Waals surface area contributed by atoms with E-state index in [9.17, 15) is 4.79 Å². The fourth-order valence-electron chi connectivity index (χ4n) is 2.83. The van der Waals surface area contributed by atoms with Crippen molar-refractivity contribution in [2.24, 2.45) is 0 Å². The SMILES string of the molecule is O=C1CS[C@H](c2ccn(-c3cccc(Cl)c3)c2)N1Cc1ccco1. The van der Waals surface area contributed by atoms with E-state index in [4.69, 9.17) is 16.0 Å². The first kappa shape index (κ1) is 15.4. The van der Waals surface area contributed by atoms with Crippen molar-refractivity contribution in [3.05, 3.63) is 77.5 Å². The van der Waals surface area contributed by atoms with Crippen molar-refractivity contribution in [1.82, 2.24) is 9.47 Å². The van der Waals surface area contributed by atoms with Crippen LogP contribution < -0.4 is 0 Å². The molecule has 24 heavy (non-hydrogen) atoms. The smallest absolute Gasteiger partial charge is 0.234 e. The molecule has 0 saturated carbocycles. The minimum absolute atomic E-state index is 0.00281. The van der Waals surface area contributed by atoms with E-state index in [1.165, 1.54) is 0 Å². The van der Waals surface area contributed by atoms with E-state index < -0.39 is 0 Å². The first-order chi connectivity index (χ1) is 11.7. The van der Waals surface area contributed by atoms with Gasteiger partial charge in [0.1, 0.15) is 11.1 Å². The summed E-state index contributed by atoms with van der Waals surface area (Å²) in [6.07, 6.45) is 5.68. The lowest BCUT2D eigenvalue weighted by Crippen LogP contribution is -2.27. The Morgan fingerprint density at radius 3 is 2.96 bits per heavy atom. The summed E-state index contributed by atoms with van der Waals surface area (Å²) in [6, 6.07) is 13.5. The van der Waals surface area contributed by atoms with E-state index in [0.717, 1.165) is 17.0 Å². The van der Waals surface area contributed by atoms with E-state index in [1.54, 1.807) is 18.0 Å². The summed E-state index contributed by atoms with van der Waals surface area (Å²) in [7, 11) is 0. The van der Waals surface area contributed by atoms with Gasteiger partial charge in [0.25, 0.3) is 0 Å². The summed E-state index contributed by atoms with van der Waals surface area (Å²) in [5.41, 5.74) is 2.10. The molecule has 3 heterocycles. The molecular formula is C18H15ClN2O2S. The summed E-state index contributed by atoms with van der Waals surface area (Å²) in [5.74, 6) is 1.43. The molecule has 122 valence electrons. The molecule has 0 unspecified atom stereocenters. The molecule has 1 fully saturated rings. The Bertz CT molecular complexity index is 860. The Hall–Kier alpha value is -2.11. The first-order valence-electron chi connectivity index (χ1n) is 7.58. The molecule has 0 spiro atoms. The van der Waals surface area contributed by atoms with Crippen LogP contribution in [-0.2, 0) is 11.3 Å². The van der Waals surface area contributed by atoms with Crippen molar-refractivity contribution in [3.63, 3.8) is 0 Å². The standard InChI is InChI=1S/C18H15ClN2O2S/c19-14-3-1-4-15(9-14)20-7-6-13(10-20)18-21(17(22)12-24-18)11-16-5-2-8-23-16/h1-10,18H,11-12H2/t18-/m1/s1. The van der Waals surface area contributed by atoms with Gasteiger partial charge in [-0.1, -0.05) is 17.7 Å². The van der Waals surface area contributed by atoms with Crippen LogP contribution in [0, 0.1) is 0 Å². The van der Waals surface area contributed by atoms with Gasteiger partial charge in [-0.25, -0.2) is 0 Å². The molecule has 6 heteroatoms. The highest BCUT2D eigenvalue weighted by Gasteiger charge is 2.33. The maximum atomic E-state index is 12.2. The zero-order chi connectivity index (χ0) is 16.5. The van der Waals surface area contributed by atoms with Gasteiger partial charge in [-0.2, -0.15) is 0 Å². The third kappa shape index (κ3) is 2.97. The average molecular weight is 359 g/mol. The molecule has 1 aliphatic heterocycles. The van der Waals surface area contributed by atoms with E-state index in [1.807, 2.05) is 58.1 Å². The van der Waals surface area contributed by atoms with Crippen LogP contribution >= 0.6 is 23.4 Å². The van der Waals surface area contributed by atoms with Gasteiger partial charge in [-0.15, -0.1) is 11.8 Å². The largest absolute Gasteiger partial charge is 0.467 e. The van der Waals surface area contributed by atoms with E-state index in [-0.39, 0.29) is 11.3 Å². The van der Waals surface area contributed by atoms with E-state index in [0.29, 0.717) is 17.3 Å². The number of carbonyl (C=O) groups is 1. The van der Waals surface area contributed by atoms with Gasteiger partial charge in [-0.3, -0.25) is 4.79 Å². The highest BCUT2D eigenvalue weighted by atomic mass is 35.5. The van der Waals surface area contributed by atoms with Crippen LogP contribution in [0.15, 0.2) is 65.5 Å². The number of halogens is 1. The van der Waals surface area contributed by atoms with Gasteiger partial charge < -0.3 is 13.9 Å². The highest BCUT2D eigenvalue weighted by Crippen LogP contribution is 2.40. The van der Waals surface area contributed by atoms with E-state index in [2.05, 4.69) is 6.20 Å². The average Bonchev–Trinajstić information content (AvgIpc) is 3.30. The van der Waals surface area contributed by atoms with Gasteiger partial charge in [0.2, 0.25) is 5.91 Å². The Balaban J connectivity index is 1.60. The number of hydrogen-bond acceptors (Lipinski definition) is 3. The number of amides is 1. The van der Waals surface area contributed by atoms with Gasteiger partial charge in [0.15, 0.2) is 0 Å². The van der Waals surface area contributed by atoms with Crippen LogP contribution in [0.4, 0.5) is 0 Å². The summed E-state index contributed by atoms with van der Waals surface area (Å²) in [4.78, 5) is 14.1. The Labute approximate surface area is 149 Å². The lowest BCUT2D eigenvalue weighted by Gasteiger charge is -2.22. The normalized spacial score (nSPS) is 17.6. The Morgan fingerprint density at radius 2 is 2.17 bits per heavy atom. The molecule has 0 N–H and O–H groups in total. The van der Waals surface area contributed by atoms with Gasteiger partial charge in [0.05, 0.1) is 18.6 Å². The maximum Gasteiger partial charge on any atom is 0.234 e. The van der Waals surface area contributed by atoms with Crippen LogP contribution in [0.5, 0.6) is 0 Å². The predicted molar refractivity (Wildman–Crippen MR) is 95.2 cm³/mol. The number of nitrogens with zero attached hydrogens (tertiary/aromatic N) is 2. The maximum absolute atomic E-state index is 12.2. The lowest BCUT2D eigenvalue weighted by molar-refractivity contribution is -0.128. The van der Waals surface area contributed by atoms with Crippen molar-refractivity contribution in [2.45, 2.75) is 11.9 Å². The molecule has 1 aliphatic rings. The first-order valence-corrected chi connectivity index (χ1v) is 9.01. The number of carbonyl (C=O) groups excluding carboxylic acids is 1. The molecule has 4 nitrogen and oxygen atoms in total. The molecular weight excluding hydrogens is 344 g/mol. The second kappa shape index (κ2) is 6.42. The van der Waals surface area contributed by atoms with Gasteiger partial charge in [-0.05, 0) is 36.4 Å². The Kier molecular flexibility index (Phi) is 4.12. The van der Waals surface area contributed by atoms with Gasteiger partial charge in [0, 0.05) is 28.7 Å². The van der Waals surface area contributed by atoms with Crippen LogP contribution in [0.2, 0.25) is 5.02 Å². The molecule has 4 rings (SSSR count). The molecule has 1 amide bonds. The van der Waals surface area contributed by atoms with Crippen molar-refractivity contribution in [2.75, 3.05) is 5.75 Å². The fraction of sp³-hybridized carbons (Fsp3) is 0.167. The lowest BCUT2D eigenvalue weighted by atomic mass is 10.3. The quantitative estimate of drug-likeness (QED) is 0.689. The van der Waals surface area contributed by atoms with Crippen molar-refractivity contribution < 1.29 is 9.21 Å². The number of aromatic nitrogens is 1. The number of hydrogen-bond donors (Lipinski definition) is 0. The van der Waals surface area contributed by atoms with Crippen molar-refractivity contribution >= 4 is 29.3 Å². The minimum Gasteiger partial charge on any atom is -0.467 e. The van der Waals surface area contributed by atoms with Gasteiger partial charge >= 0.3 is 0 Å². The van der Waals surface area contributed by atoms with Crippen LogP contribution in [0.25, 0.3) is 5.69 Å². The van der Waals surface area contributed by atoms with Crippen LogP contribution in [-0.4, -0.2) is 21.1 Å². The third-order valence-electron chi connectivity index (χ3n) is 3.98. The third-order valence-corrected chi connectivity index (χ3v) is 5.47.